The minimum atomic E-state index is -0.642. The zero-order valence-electron chi connectivity index (χ0n) is 9.33. The quantitative estimate of drug-likeness (QED) is 0.752. The normalized spacial score (nSPS) is 29.9. The van der Waals surface area contributed by atoms with Crippen molar-refractivity contribution in [2.75, 3.05) is 0 Å². The molecule has 2 heteroatoms. The molecule has 0 bridgehead atoms. The summed E-state index contributed by atoms with van der Waals surface area (Å²) < 4.78 is 0. The van der Waals surface area contributed by atoms with Gasteiger partial charge in [-0.25, -0.2) is 0 Å². The number of hydrogen-bond donors (Lipinski definition) is 1. The Morgan fingerprint density at radius 2 is 2.21 bits per heavy atom. The number of rotatable bonds is 4. The standard InChI is InChI=1S/C12H22O2/c1-3-10-5-4-6-11(8-10)9(2)7-12(13)14/h9-11H,3-8H2,1-2H3,(H,13,14). The fraction of sp³-hybridized carbons (Fsp3) is 0.917. The Kier molecular flexibility index (Phi) is 4.43. The van der Waals surface area contributed by atoms with Crippen LogP contribution in [0.15, 0.2) is 0 Å². The van der Waals surface area contributed by atoms with Gasteiger partial charge in [0.15, 0.2) is 0 Å². The first-order valence-corrected chi connectivity index (χ1v) is 5.85. The lowest BCUT2D eigenvalue weighted by Gasteiger charge is -2.32. The molecule has 0 aromatic carbocycles. The molecule has 0 aromatic heterocycles. The molecule has 0 amide bonds. The molecular formula is C12H22O2. The molecule has 14 heavy (non-hydrogen) atoms. The highest BCUT2D eigenvalue weighted by Crippen LogP contribution is 2.36. The Bertz CT molecular complexity index is 189. The highest BCUT2D eigenvalue weighted by atomic mass is 16.4. The summed E-state index contributed by atoms with van der Waals surface area (Å²) >= 11 is 0. The fourth-order valence-corrected chi connectivity index (χ4v) is 2.66. The van der Waals surface area contributed by atoms with Gasteiger partial charge >= 0.3 is 5.97 Å². The van der Waals surface area contributed by atoms with Crippen molar-refractivity contribution < 1.29 is 9.90 Å². The minimum Gasteiger partial charge on any atom is -0.481 e. The molecule has 1 N–H and O–H groups in total. The van der Waals surface area contributed by atoms with Crippen molar-refractivity contribution in [1.82, 2.24) is 0 Å². The molecule has 0 spiro atoms. The molecule has 1 saturated carbocycles. The third kappa shape index (κ3) is 3.32. The van der Waals surface area contributed by atoms with Crippen molar-refractivity contribution in [2.45, 2.75) is 52.4 Å². The van der Waals surface area contributed by atoms with Crippen LogP contribution in [0.2, 0.25) is 0 Å². The van der Waals surface area contributed by atoms with Crippen LogP contribution in [0.25, 0.3) is 0 Å². The SMILES string of the molecule is CCC1CCCC(C(C)CC(=O)O)C1. The lowest BCUT2D eigenvalue weighted by atomic mass is 9.74. The molecule has 0 aromatic rings. The van der Waals surface area contributed by atoms with E-state index in [1.807, 2.05) is 0 Å². The van der Waals surface area contributed by atoms with Crippen LogP contribution < -0.4 is 0 Å². The van der Waals surface area contributed by atoms with Crippen LogP contribution in [0.4, 0.5) is 0 Å². The summed E-state index contributed by atoms with van der Waals surface area (Å²) in [7, 11) is 0. The van der Waals surface area contributed by atoms with E-state index in [2.05, 4.69) is 13.8 Å². The Morgan fingerprint density at radius 3 is 2.79 bits per heavy atom. The second-order valence-corrected chi connectivity index (χ2v) is 4.78. The van der Waals surface area contributed by atoms with Gasteiger partial charge in [0.1, 0.15) is 0 Å². The first kappa shape index (κ1) is 11.5. The van der Waals surface area contributed by atoms with Crippen LogP contribution in [0.5, 0.6) is 0 Å². The van der Waals surface area contributed by atoms with E-state index in [1.54, 1.807) is 0 Å². The summed E-state index contributed by atoms with van der Waals surface area (Å²) in [6.07, 6.45) is 6.76. The van der Waals surface area contributed by atoms with E-state index in [0.717, 1.165) is 5.92 Å². The molecule has 0 saturated heterocycles. The van der Waals surface area contributed by atoms with Gasteiger partial charge in [0.2, 0.25) is 0 Å². The van der Waals surface area contributed by atoms with E-state index in [1.165, 1.54) is 32.1 Å². The molecular weight excluding hydrogens is 176 g/mol. The maximum Gasteiger partial charge on any atom is 0.303 e. The average Bonchev–Trinajstić information content (AvgIpc) is 2.17. The highest BCUT2D eigenvalue weighted by molar-refractivity contribution is 5.66. The van der Waals surface area contributed by atoms with E-state index < -0.39 is 5.97 Å². The lowest BCUT2D eigenvalue weighted by Crippen LogP contribution is -2.22. The van der Waals surface area contributed by atoms with Gasteiger partial charge in [0.25, 0.3) is 0 Å². The second kappa shape index (κ2) is 5.38. The maximum absolute atomic E-state index is 10.6. The zero-order valence-corrected chi connectivity index (χ0v) is 9.33. The first-order chi connectivity index (χ1) is 6.63. The van der Waals surface area contributed by atoms with Gasteiger partial charge in [-0.05, 0) is 24.2 Å². The highest BCUT2D eigenvalue weighted by Gasteiger charge is 2.26. The molecule has 0 heterocycles. The molecule has 0 radical (unpaired) electrons. The van der Waals surface area contributed by atoms with Crippen LogP contribution >= 0.6 is 0 Å². The Balaban J connectivity index is 2.38. The monoisotopic (exact) mass is 198 g/mol. The molecule has 1 aliphatic rings. The molecule has 1 fully saturated rings. The van der Waals surface area contributed by atoms with Crippen LogP contribution in [0.1, 0.15) is 52.4 Å². The fourth-order valence-electron chi connectivity index (χ4n) is 2.66. The van der Waals surface area contributed by atoms with E-state index in [9.17, 15) is 4.79 Å². The number of carboxylic acid groups (broad SMARTS) is 1. The predicted octanol–water partition coefficient (Wildman–Crippen LogP) is 3.31. The molecule has 0 aliphatic heterocycles. The average molecular weight is 198 g/mol. The van der Waals surface area contributed by atoms with Crippen molar-refractivity contribution >= 4 is 5.97 Å². The Morgan fingerprint density at radius 1 is 1.50 bits per heavy atom. The Hall–Kier alpha value is -0.530. The van der Waals surface area contributed by atoms with E-state index in [0.29, 0.717) is 18.3 Å². The predicted molar refractivity (Wildman–Crippen MR) is 57.2 cm³/mol. The van der Waals surface area contributed by atoms with Crippen LogP contribution in [-0.4, -0.2) is 11.1 Å². The van der Waals surface area contributed by atoms with Gasteiger partial charge in [-0.1, -0.05) is 39.5 Å². The molecule has 1 aliphatic carbocycles. The molecule has 82 valence electrons. The molecule has 2 nitrogen and oxygen atoms in total. The van der Waals surface area contributed by atoms with E-state index >= 15 is 0 Å². The number of carboxylic acids is 1. The largest absolute Gasteiger partial charge is 0.481 e. The molecule has 3 unspecified atom stereocenters. The summed E-state index contributed by atoms with van der Waals surface area (Å²) in [5.41, 5.74) is 0. The topological polar surface area (TPSA) is 37.3 Å². The van der Waals surface area contributed by atoms with Crippen molar-refractivity contribution in [3.8, 4) is 0 Å². The summed E-state index contributed by atoms with van der Waals surface area (Å²) in [5.74, 6) is 1.23. The van der Waals surface area contributed by atoms with Crippen molar-refractivity contribution in [3.05, 3.63) is 0 Å². The zero-order chi connectivity index (χ0) is 10.6. The van der Waals surface area contributed by atoms with Crippen LogP contribution in [-0.2, 0) is 4.79 Å². The van der Waals surface area contributed by atoms with Gasteiger partial charge in [-0.15, -0.1) is 0 Å². The third-order valence-electron chi connectivity index (χ3n) is 3.70. The summed E-state index contributed by atoms with van der Waals surface area (Å²) in [5, 5.41) is 8.74. The number of hydrogen-bond acceptors (Lipinski definition) is 1. The Labute approximate surface area is 86.7 Å². The van der Waals surface area contributed by atoms with Crippen LogP contribution in [0, 0.1) is 17.8 Å². The number of carbonyl (C=O) groups is 1. The second-order valence-electron chi connectivity index (χ2n) is 4.78. The van der Waals surface area contributed by atoms with E-state index in [4.69, 9.17) is 5.11 Å². The number of aliphatic carboxylic acids is 1. The van der Waals surface area contributed by atoms with Gasteiger partial charge in [-0.2, -0.15) is 0 Å². The van der Waals surface area contributed by atoms with E-state index in [-0.39, 0.29) is 0 Å². The minimum absolute atomic E-state index is 0.348. The van der Waals surface area contributed by atoms with Crippen molar-refractivity contribution in [2.24, 2.45) is 17.8 Å². The van der Waals surface area contributed by atoms with Gasteiger partial charge < -0.3 is 5.11 Å². The summed E-state index contributed by atoms with van der Waals surface area (Å²) in [6, 6.07) is 0. The van der Waals surface area contributed by atoms with Crippen molar-refractivity contribution in [3.63, 3.8) is 0 Å². The summed E-state index contributed by atoms with van der Waals surface area (Å²) in [4.78, 5) is 10.6. The first-order valence-electron chi connectivity index (χ1n) is 5.85. The smallest absolute Gasteiger partial charge is 0.303 e. The summed E-state index contributed by atoms with van der Waals surface area (Å²) in [6.45, 7) is 4.34. The van der Waals surface area contributed by atoms with Gasteiger partial charge in [-0.3, -0.25) is 4.79 Å². The molecule has 3 atom stereocenters. The van der Waals surface area contributed by atoms with Crippen molar-refractivity contribution in [1.29, 1.82) is 0 Å². The lowest BCUT2D eigenvalue weighted by molar-refractivity contribution is -0.138. The maximum atomic E-state index is 10.6. The van der Waals surface area contributed by atoms with Gasteiger partial charge in [0, 0.05) is 6.42 Å². The van der Waals surface area contributed by atoms with Crippen LogP contribution in [0.3, 0.4) is 0 Å². The molecule has 1 rings (SSSR count). The van der Waals surface area contributed by atoms with Gasteiger partial charge in [0.05, 0.1) is 0 Å². The third-order valence-corrected chi connectivity index (χ3v) is 3.70.